The van der Waals surface area contributed by atoms with Crippen molar-refractivity contribution in [1.29, 1.82) is 0 Å². The van der Waals surface area contributed by atoms with E-state index in [9.17, 15) is 9.59 Å². The van der Waals surface area contributed by atoms with Crippen LogP contribution >= 0.6 is 0 Å². The van der Waals surface area contributed by atoms with Crippen LogP contribution in [0.4, 0.5) is 0 Å². The molecule has 4 aromatic carbocycles. The summed E-state index contributed by atoms with van der Waals surface area (Å²) in [5, 5.41) is 2.82. The molecule has 0 saturated carbocycles. The van der Waals surface area contributed by atoms with E-state index in [1.807, 2.05) is 60.7 Å². The van der Waals surface area contributed by atoms with Crippen molar-refractivity contribution < 1.29 is 23.8 Å². The summed E-state index contributed by atoms with van der Waals surface area (Å²) in [7, 11) is 1.31. The van der Waals surface area contributed by atoms with Crippen molar-refractivity contribution in [2.75, 3.05) is 7.11 Å². The summed E-state index contributed by atoms with van der Waals surface area (Å²) in [6.45, 7) is 3.05. The van der Waals surface area contributed by atoms with Gasteiger partial charge in [0.05, 0.1) is 7.11 Å². The Hall–Kier alpha value is -4.58. The first kappa shape index (κ1) is 29.4. The van der Waals surface area contributed by atoms with Crippen molar-refractivity contribution in [3.05, 3.63) is 131 Å². The van der Waals surface area contributed by atoms with E-state index in [0.29, 0.717) is 24.5 Å². The van der Waals surface area contributed by atoms with E-state index in [-0.39, 0.29) is 12.3 Å². The summed E-state index contributed by atoms with van der Waals surface area (Å²) >= 11 is 0. The van der Waals surface area contributed by atoms with Gasteiger partial charge in [-0.1, -0.05) is 86.1 Å². The molecular weight excluding hydrogens is 514 g/mol. The van der Waals surface area contributed by atoms with Crippen LogP contribution in [0.5, 0.6) is 11.5 Å². The number of hydrogen-bond donors (Lipinski definition) is 1. The van der Waals surface area contributed by atoms with Gasteiger partial charge in [-0.25, -0.2) is 4.79 Å². The molecule has 0 spiro atoms. The minimum Gasteiger partial charge on any atom is -0.489 e. The van der Waals surface area contributed by atoms with Crippen molar-refractivity contribution in [1.82, 2.24) is 5.32 Å². The van der Waals surface area contributed by atoms with Gasteiger partial charge in [-0.05, 0) is 65.4 Å². The third kappa shape index (κ3) is 9.24. The topological polar surface area (TPSA) is 73.9 Å². The minimum atomic E-state index is -0.848. The van der Waals surface area contributed by atoms with Crippen molar-refractivity contribution in [3.63, 3.8) is 0 Å². The Morgan fingerprint density at radius 2 is 1.34 bits per heavy atom. The van der Waals surface area contributed by atoms with Crippen LogP contribution in [0.2, 0.25) is 0 Å². The second-order valence-corrected chi connectivity index (χ2v) is 9.91. The maximum absolute atomic E-state index is 13.1. The fourth-order valence-corrected chi connectivity index (χ4v) is 4.35. The normalized spacial score (nSPS) is 11.4. The Kier molecular flexibility index (Phi) is 11.0. The number of amides is 1. The number of ether oxygens (including phenoxy) is 3. The first-order valence-electron chi connectivity index (χ1n) is 14.0. The number of aryl methyl sites for hydroxylation is 1. The third-order valence-electron chi connectivity index (χ3n) is 6.75. The highest BCUT2D eigenvalue weighted by atomic mass is 16.5. The van der Waals surface area contributed by atoms with E-state index in [2.05, 4.69) is 36.5 Å². The van der Waals surface area contributed by atoms with Crippen molar-refractivity contribution >= 4 is 11.9 Å². The molecule has 0 saturated heterocycles. The molecule has 1 N–H and O–H groups in total. The zero-order chi connectivity index (χ0) is 28.9. The summed E-state index contributed by atoms with van der Waals surface area (Å²) in [5.74, 6) is 0.403. The minimum absolute atomic E-state index is 0.280. The predicted octanol–water partition coefficient (Wildman–Crippen LogP) is 6.70. The third-order valence-corrected chi connectivity index (χ3v) is 6.75. The van der Waals surface area contributed by atoms with E-state index >= 15 is 0 Å². The monoisotopic (exact) mass is 551 g/mol. The quantitative estimate of drug-likeness (QED) is 0.177. The summed E-state index contributed by atoms with van der Waals surface area (Å²) in [4.78, 5) is 25.6. The van der Waals surface area contributed by atoms with E-state index in [1.165, 1.54) is 25.5 Å². The van der Waals surface area contributed by atoms with Gasteiger partial charge in [0, 0.05) is 12.0 Å². The van der Waals surface area contributed by atoms with Crippen LogP contribution in [-0.4, -0.2) is 25.0 Å². The molecule has 6 nitrogen and oxygen atoms in total. The van der Waals surface area contributed by atoms with Crippen molar-refractivity contribution in [3.8, 4) is 11.5 Å². The largest absolute Gasteiger partial charge is 0.489 e. The molecule has 0 fully saturated rings. The number of benzene rings is 4. The average molecular weight is 552 g/mol. The lowest BCUT2D eigenvalue weighted by atomic mass is 10.0. The molecule has 1 amide bonds. The Balaban J connectivity index is 1.33. The van der Waals surface area contributed by atoms with Crippen LogP contribution in [0.1, 0.15) is 52.4 Å². The van der Waals surface area contributed by atoms with E-state index < -0.39 is 12.0 Å². The Labute approximate surface area is 242 Å². The molecule has 4 rings (SSSR count). The van der Waals surface area contributed by atoms with Crippen LogP contribution in [-0.2, 0) is 35.6 Å². The fraction of sp³-hybridized carbons (Fsp3) is 0.257. The number of methoxy groups -OCH3 is 1. The van der Waals surface area contributed by atoms with Gasteiger partial charge < -0.3 is 19.5 Å². The molecule has 0 bridgehead atoms. The van der Waals surface area contributed by atoms with Crippen LogP contribution in [0, 0.1) is 0 Å². The molecular formula is C35H37NO5. The molecule has 1 atom stereocenters. The van der Waals surface area contributed by atoms with E-state index in [0.717, 1.165) is 28.9 Å². The first-order chi connectivity index (χ1) is 20.0. The first-order valence-corrected chi connectivity index (χ1v) is 14.0. The number of hydrogen-bond acceptors (Lipinski definition) is 5. The lowest BCUT2D eigenvalue weighted by Gasteiger charge is -2.17. The predicted molar refractivity (Wildman–Crippen MR) is 160 cm³/mol. The Morgan fingerprint density at radius 1 is 0.707 bits per heavy atom. The lowest BCUT2D eigenvalue weighted by molar-refractivity contribution is -0.142. The molecule has 41 heavy (non-hydrogen) atoms. The Bertz CT molecular complexity index is 1380. The van der Waals surface area contributed by atoms with Gasteiger partial charge in [0.2, 0.25) is 0 Å². The van der Waals surface area contributed by atoms with Gasteiger partial charge in [0.1, 0.15) is 30.8 Å². The molecule has 0 heterocycles. The molecule has 1 unspecified atom stereocenters. The highest BCUT2D eigenvalue weighted by molar-refractivity contribution is 5.97. The van der Waals surface area contributed by atoms with Crippen molar-refractivity contribution in [2.45, 2.75) is 51.9 Å². The number of esters is 1. The smallest absolute Gasteiger partial charge is 0.328 e. The number of nitrogens with one attached hydrogen (secondary N) is 1. The van der Waals surface area contributed by atoms with Gasteiger partial charge in [0.15, 0.2) is 0 Å². The van der Waals surface area contributed by atoms with E-state index in [1.54, 1.807) is 18.2 Å². The van der Waals surface area contributed by atoms with Crippen LogP contribution in [0.25, 0.3) is 0 Å². The van der Waals surface area contributed by atoms with Gasteiger partial charge in [-0.2, -0.15) is 0 Å². The van der Waals surface area contributed by atoms with Crippen LogP contribution in [0.15, 0.2) is 103 Å². The van der Waals surface area contributed by atoms with E-state index in [4.69, 9.17) is 14.2 Å². The summed E-state index contributed by atoms with van der Waals surface area (Å²) in [6.07, 6.45) is 3.71. The molecule has 0 aliphatic carbocycles. The van der Waals surface area contributed by atoms with Gasteiger partial charge in [0.25, 0.3) is 5.91 Å². The standard InChI is InChI=1S/C35H37NO5/c1-3-4-9-26-14-16-29(17-15-26)25-41-32-13-8-12-30(23-32)34(37)36-33(35(38)39-2)22-27-18-20-31(21-19-27)40-24-28-10-6-5-7-11-28/h5-8,10-21,23,33H,3-4,9,22,24-25H2,1-2H3,(H,36,37). The molecule has 6 heteroatoms. The molecule has 0 aliphatic heterocycles. The summed E-state index contributed by atoms with van der Waals surface area (Å²) < 4.78 is 16.8. The van der Waals surface area contributed by atoms with Crippen molar-refractivity contribution in [2.24, 2.45) is 0 Å². The summed E-state index contributed by atoms with van der Waals surface area (Å²) in [5.41, 5.74) is 4.72. The van der Waals surface area contributed by atoms with Crippen LogP contribution in [0.3, 0.4) is 0 Å². The second-order valence-electron chi connectivity index (χ2n) is 9.91. The summed E-state index contributed by atoms with van der Waals surface area (Å²) in [6, 6.07) is 31.9. The second kappa shape index (κ2) is 15.3. The number of carbonyl (C=O) groups is 2. The van der Waals surface area contributed by atoms with Gasteiger partial charge in [-0.15, -0.1) is 0 Å². The Morgan fingerprint density at radius 3 is 2.02 bits per heavy atom. The number of unbranched alkanes of at least 4 members (excludes halogenated alkanes) is 1. The maximum Gasteiger partial charge on any atom is 0.328 e. The van der Waals surface area contributed by atoms with Gasteiger partial charge >= 0.3 is 5.97 Å². The highest BCUT2D eigenvalue weighted by Gasteiger charge is 2.23. The lowest BCUT2D eigenvalue weighted by Crippen LogP contribution is -2.43. The fourth-order valence-electron chi connectivity index (χ4n) is 4.35. The highest BCUT2D eigenvalue weighted by Crippen LogP contribution is 2.18. The number of rotatable bonds is 14. The zero-order valence-electron chi connectivity index (χ0n) is 23.7. The molecule has 212 valence electrons. The molecule has 0 aliphatic rings. The average Bonchev–Trinajstić information content (AvgIpc) is 3.02. The molecule has 4 aromatic rings. The SMILES string of the molecule is CCCCc1ccc(COc2cccc(C(=O)NC(Cc3ccc(OCc4ccccc4)cc3)C(=O)OC)c2)cc1. The van der Waals surface area contributed by atoms with Crippen LogP contribution < -0.4 is 14.8 Å². The zero-order valence-corrected chi connectivity index (χ0v) is 23.7. The van der Waals surface area contributed by atoms with Gasteiger partial charge in [-0.3, -0.25) is 4.79 Å². The number of carbonyl (C=O) groups excluding carboxylic acids is 2. The molecule has 0 radical (unpaired) electrons. The molecule has 0 aromatic heterocycles. The maximum atomic E-state index is 13.1.